The van der Waals surface area contributed by atoms with E-state index in [0.29, 0.717) is 57.1 Å². The molecule has 0 bridgehead atoms. The van der Waals surface area contributed by atoms with Crippen molar-refractivity contribution in [3.63, 3.8) is 0 Å². The Morgan fingerprint density at radius 3 is 1.01 bits per heavy atom. The van der Waals surface area contributed by atoms with Crippen LogP contribution in [0.3, 0.4) is 0 Å². The summed E-state index contributed by atoms with van der Waals surface area (Å²) in [5, 5.41) is 55.6. The fourth-order valence-electron chi connectivity index (χ4n) is 12.4. The molecule has 2 aromatic rings. The second-order valence-electron chi connectivity index (χ2n) is 28.6. The van der Waals surface area contributed by atoms with Crippen LogP contribution in [0.4, 0.5) is 0 Å². The largest absolute Gasteiger partial charge is 0.484 e. The molecule has 0 amide bonds. The minimum Gasteiger partial charge on any atom is -0.484 e. The molecule has 0 radical (unpaired) electrons. The number of hydrogen-bond acceptors (Lipinski definition) is 6. The summed E-state index contributed by atoms with van der Waals surface area (Å²) in [7, 11) is 0. The number of carbonyl (C=O) groups is 2. The Labute approximate surface area is 485 Å². The number of aryl methyl sites for hydroxylation is 2. The quantitative estimate of drug-likeness (QED) is 0.0413. The molecule has 0 aliphatic rings. The van der Waals surface area contributed by atoms with Gasteiger partial charge in [0.15, 0.2) is 0 Å². The van der Waals surface area contributed by atoms with E-state index in [1.165, 1.54) is 116 Å². The van der Waals surface area contributed by atoms with Crippen LogP contribution in [-0.4, -0.2) is 57.3 Å². The van der Waals surface area contributed by atoms with Gasteiger partial charge in [0.25, 0.3) is 0 Å². The lowest BCUT2D eigenvalue weighted by atomic mass is 9.67. The van der Waals surface area contributed by atoms with Crippen molar-refractivity contribution in [1.29, 1.82) is 0 Å². The van der Waals surface area contributed by atoms with Crippen LogP contribution in [-0.2, 0) is 44.1 Å². The lowest BCUT2D eigenvalue weighted by Gasteiger charge is -2.44. The third-order valence-electron chi connectivity index (χ3n) is 17.2. The summed E-state index contributed by atoms with van der Waals surface area (Å²) in [5.41, 5.74) is 3.83. The number of benzene rings is 2. The molecule has 2 rings (SSSR count). The van der Waals surface area contributed by atoms with Gasteiger partial charge in [-0.05, 0) is 101 Å². The second-order valence-corrected chi connectivity index (χ2v) is 28.6. The van der Waals surface area contributed by atoms with Crippen LogP contribution in [0.25, 0.3) is 0 Å². The minimum absolute atomic E-state index is 0.392. The van der Waals surface area contributed by atoms with Crippen molar-refractivity contribution in [2.24, 2.45) is 17.3 Å². The van der Waals surface area contributed by atoms with E-state index in [1.807, 2.05) is 0 Å². The molecule has 0 saturated heterocycles. The number of rotatable bonds is 43. The number of ether oxygens (including phenoxy) is 1. The third kappa shape index (κ3) is 25.2. The maximum atomic E-state index is 12.7. The number of carboxylic acids is 2. The molecule has 79 heavy (non-hydrogen) atoms. The molecule has 0 aliphatic heterocycles. The first-order valence-corrected chi connectivity index (χ1v) is 32.5. The summed E-state index contributed by atoms with van der Waals surface area (Å²) in [6.45, 7) is 29.1. The maximum absolute atomic E-state index is 12.7. The smallest absolute Gasteiger partial charge is 0.306 e. The predicted molar refractivity (Wildman–Crippen MR) is 334 cm³/mol. The van der Waals surface area contributed by atoms with Crippen LogP contribution in [0.15, 0.2) is 24.3 Å². The average molecular weight is 1110 g/mol. The molecule has 8 nitrogen and oxygen atoms in total. The Kier molecular flexibility index (Phi) is 33.4. The monoisotopic (exact) mass is 1100 g/mol. The molecule has 0 aliphatic carbocycles. The van der Waals surface area contributed by atoms with Crippen LogP contribution in [0.5, 0.6) is 5.75 Å². The van der Waals surface area contributed by atoms with Gasteiger partial charge < -0.3 is 30.3 Å². The van der Waals surface area contributed by atoms with E-state index >= 15 is 0 Å². The number of aliphatic carboxylic acids is 2. The van der Waals surface area contributed by atoms with E-state index in [0.717, 1.165) is 77.5 Å². The van der Waals surface area contributed by atoms with Crippen molar-refractivity contribution in [1.82, 2.24) is 0 Å². The summed E-state index contributed by atoms with van der Waals surface area (Å²) in [5.74, 6) is -1.57. The first-order chi connectivity index (χ1) is 37.2. The number of hydrogen-bond donors (Lipinski definition) is 5. The Hall–Kier alpha value is -2.94. The van der Waals surface area contributed by atoms with Crippen molar-refractivity contribution in [3.05, 3.63) is 63.2 Å². The highest BCUT2D eigenvalue weighted by Gasteiger charge is 2.47. The predicted octanol–water partition coefficient (Wildman–Crippen LogP) is 19.2. The van der Waals surface area contributed by atoms with E-state index in [2.05, 4.69) is 121 Å². The average Bonchev–Trinajstić information content (AvgIpc) is 3.52. The lowest BCUT2D eigenvalue weighted by molar-refractivity contribution is -0.143. The zero-order valence-corrected chi connectivity index (χ0v) is 53.8. The van der Waals surface area contributed by atoms with Gasteiger partial charge in [-0.3, -0.25) is 9.59 Å². The molecule has 8 heteroatoms. The molecule has 3 atom stereocenters. The fourth-order valence-corrected chi connectivity index (χ4v) is 12.4. The molecule has 3 unspecified atom stereocenters. The normalized spacial score (nSPS) is 13.9. The zero-order valence-electron chi connectivity index (χ0n) is 53.8. The summed E-state index contributed by atoms with van der Waals surface area (Å²) in [6.07, 6.45) is 34.1. The minimum atomic E-state index is -1.51. The van der Waals surface area contributed by atoms with Gasteiger partial charge in [0.2, 0.25) is 0 Å². The number of carboxylic acid groups (broad SMARTS) is 2. The Balaban J connectivity index is 2.57. The van der Waals surface area contributed by atoms with Gasteiger partial charge in [0, 0.05) is 11.1 Å². The topological polar surface area (TPSA) is 145 Å². The SMILES string of the molecule is CCCCCCCCCCCCCCC(CCCc1ccc(C(C)(C)C)c(OC(c2c(C(C)(C)C)ccc(CCCC(CCCCCCCCCCCCCC)C(=O)O)c2C(C)(C)C)C(CO)(CO)CO)c1C(C)(C)C)C(=O)O. The van der Waals surface area contributed by atoms with Gasteiger partial charge >= 0.3 is 11.9 Å². The first-order valence-electron chi connectivity index (χ1n) is 32.5. The van der Waals surface area contributed by atoms with Gasteiger partial charge in [-0.15, -0.1) is 0 Å². The van der Waals surface area contributed by atoms with E-state index in [1.54, 1.807) is 0 Å². The standard InChI is InChI=1S/C71H124O8/c1-15-17-19-21-23-25-27-29-31-33-35-37-41-56(65(75)76)45-39-43-54-47-49-58(67(3,4)5)60(61(54)69(9,10)11)64(71(51-72,52-73)53-74)79-63-59(68(6,7)8)50-48-55(62(63)70(12,13)14)44-40-46-57(66(77)78)42-38-36-34-32-30-28-26-24-22-20-18-16-2/h47-50,56-57,64,72-74H,15-46,51-53H2,1-14H3,(H,75,76)(H,77,78). The fraction of sp³-hybridized carbons (Fsp3) is 0.803. The highest BCUT2D eigenvalue weighted by Crippen LogP contribution is 2.51. The molecule has 2 aromatic carbocycles. The highest BCUT2D eigenvalue weighted by molar-refractivity contribution is 5.70. The molecule has 0 fully saturated rings. The van der Waals surface area contributed by atoms with Crippen LogP contribution < -0.4 is 4.74 Å². The molecule has 5 N–H and O–H groups in total. The molecule has 456 valence electrons. The van der Waals surface area contributed by atoms with Crippen LogP contribution in [0, 0.1) is 17.3 Å². The highest BCUT2D eigenvalue weighted by atomic mass is 16.5. The summed E-state index contributed by atoms with van der Waals surface area (Å²) < 4.78 is 7.75. The van der Waals surface area contributed by atoms with Crippen LogP contribution in [0.2, 0.25) is 0 Å². The summed E-state index contributed by atoms with van der Waals surface area (Å²) in [4.78, 5) is 25.4. The Morgan fingerprint density at radius 1 is 0.405 bits per heavy atom. The van der Waals surface area contributed by atoms with Crippen molar-refractivity contribution in [3.8, 4) is 5.75 Å². The van der Waals surface area contributed by atoms with E-state index in [4.69, 9.17) is 4.74 Å². The molecular formula is C71H124O8. The van der Waals surface area contributed by atoms with Gasteiger partial charge in [-0.2, -0.15) is 0 Å². The van der Waals surface area contributed by atoms with Gasteiger partial charge in [-0.25, -0.2) is 0 Å². The van der Waals surface area contributed by atoms with Gasteiger partial charge in [0.1, 0.15) is 11.9 Å². The van der Waals surface area contributed by atoms with E-state index in [-0.39, 0.29) is 0 Å². The molecule has 0 spiro atoms. The van der Waals surface area contributed by atoms with Crippen molar-refractivity contribution in [2.75, 3.05) is 19.8 Å². The Morgan fingerprint density at radius 2 is 0.709 bits per heavy atom. The van der Waals surface area contributed by atoms with Crippen LogP contribution >= 0.6 is 0 Å². The zero-order chi connectivity index (χ0) is 59.3. The second kappa shape index (κ2) is 36.6. The lowest BCUT2D eigenvalue weighted by Crippen LogP contribution is -2.45. The third-order valence-corrected chi connectivity index (χ3v) is 17.2. The molecular weight excluding hydrogens is 981 g/mol. The number of aliphatic hydroxyl groups excluding tert-OH is 3. The van der Waals surface area contributed by atoms with Gasteiger partial charge in [-0.1, -0.05) is 275 Å². The number of unbranched alkanes of at least 4 members (excludes halogenated alkanes) is 22. The van der Waals surface area contributed by atoms with Crippen molar-refractivity contribution >= 4 is 11.9 Å². The molecule has 0 heterocycles. The Bertz CT molecular complexity index is 1980. The first kappa shape index (κ1) is 72.2. The van der Waals surface area contributed by atoms with E-state index < -0.39 is 76.8 Å². The van der Waals surface area contributed by atoms with Crippen LogP contribution in [0.1, 0.15) is 335 Å². The maximum Gasteiger partial charge on any atom is 0.306 e. The summed E-state index contributed by atoms with van der Waals surface area (Å²) in [6, 6.07) is 8.71. The molecule has 0 saturated carbocycles. The summed E-state index contributed by atoms with van der Waals surface area (Å²) >= 11 is 0. The van der Waals surface area contributed by atoms with Crippen molar-refractivity contribution in [2.45, 2.75) is 330 Å². The van der Waals surface area contributed by atoms with Gasteiger partial charge in [0.05, 0.1) is 37.1 Å². The van der Waals surface area contributed by atoms with E-state index in [9.17, 15) is 35.1 Å². The van der Waals surface area contributed by atoms with Crippen molar-refractivity contribution < 1.29 is 39.9 Å². The molecule has 0 aromatic heterocycles. The number of aliphatic hydroxyl groups is 3.